The molecular formula is C48H43IrN4O. The minimum Gasteiger partial charge on any atom is -0.486 e. The summed E-state index contributed by atoms with van der Waals surface area (Å²) in [7, 11) is 0. The zero-order valence-electron chi connectivity index (χ0n) is 36.2. The summed E-state index contributed by atoms with van der Waals surface area (Å²) in [5.74, 6) is 0.573. The van der Waals surface area contributed by atoms with Crippen molar-refractivity contribution < 1.29 is 32.7 Å². The summed E-state index contributed by atoms with van der Waals surface area (Å²) in [6.45, 7) is 0.00344. The number of rotatable bonds is 4. The van der Waals surface area contributed by atoms with Crippen molar-refractivity contribution in [1.82, 2.24) is 19.9 Å². The minimum atomic E-state index is -2.09. The number of furan rings is 1. The Balaban J connectivity index is 0.000000159. The van der Waals surface area contributed by atoms with Crippen molar-refractivity contribution in [2.75, 3.05) is 0 Å². The molecule has 0 radical (unpaired) electrons. The molecule has 1 aliphatic carbocycles. The second kappa shape index (κ2) is 18.2. The van der Waals surface area contributed by atoms with Crippen LogP contribution in [0.4, 0.5) is 0 Å². The van der Waals surface area contributed by atoms with Crippen LogP contribution in [0.2, 0.25) is 0 Å². The van der Waals surface area contributed by atoms with Gasteiger partial charge in [-0.1, -0.05) is 66.1 Å². The fourth-order valence-corrected chi connectivity index (χ4v) is 6.43. The first-order valence-corrected chi connectivity index (χ1v) is 17.9. The van der Waals surface area contributed by atoms with Crippen LogP contribution < -0.4 is 0 Å². The SMILES string of the molecule is Cc1cnc(-c2[c-]ccc3c2oc2nc(C4CCCCC4)ccc23)cc1C.[2H]C([2H])([2H])c1ccc(-c2[c-]cccc2)nc1.[2H]C([2H])([2H])c1ccc(-c2[c-]cccc2)nc1.[Ir+3]. The normalized spacial score (nSPS) is 14.7. The third-order valence-electron chi connectivity index (χ3n) is 9.47. The molecule has 6 heteroatoms. The molecule has 0 saturated heterocycles. The first kappa shape index (κ1) is 31.1. The van der Waals surface area contributed by atoms with Gasteiger partial charge in [0.2, 0.25) is 5.71 Å². The van der Waals surface area contributed by atoms with Gasteiger partial charge in [-0.2, -0.15) is 0 Å². The van der Waals surface area contributed by atoms with E-state index in [4.69, 9.17) is 17.6 Å². The van der Waals surface area contributed by atoms with Gasteiger partial charge in [0.05, 0.1) is 5.58 Å². The van der Waals surface area contributed by atoms with Crippen molar-refractivity contribution >= 4 is 22.1 Å². The molecule has 3 aromatic carbocycles. The Morgan fingerprint density at radius 3 is 1.83 bits per heavy atom. The van der Waals surface area contributed by atoms with Crippen molar-refractivity contribution in [2.24, 2.45) is 0 Å². The Bertz CT molecular complexity index is 2530. The van der Waals surface area contributed by atoms with Gasteiger partial charge in [-0.15, -0.1) is 90.0 Å². The fraction of sp³-hybridized carbons (Fsp3) is 0.208. The van der Waals surface area contributed by atoms with Crippen molar-refractivity contribution in [3.63, 3.8) is 0 Å². The number of pyridine rings is 4. The van der Waals surface area contributed by atoms with Crippen LogP contribution in [-0.2, 0) is 20.1 Å². The molecular weight excluding hydrogens is 841 g/mol. The average molecular weight is 890 g/mol. The van der Waals surface area contributed by atoms with Gasteiger partial charge in [0.1, 0.15) is 0 Å². The minimum absolute atomic E-state index is 0. The molecule has 0 unspecified atom stereocenters. The maximum absolute atomic E-state index is 7.23. The third kappa shape index (κ3) is 9.25. The molecule has 0 spiro atoms. The van der Waals surface area contributed by atoms with Crippen molar-refractivity contribution in [1.29, 1.82) is 0 Å². The molecule has 0 aliphatic heterocycles. The molecule has 270 valence electrons. The average Bonchev–Trinajstić information content (AvgIpc) is 3.64. The molecule has 9 rings (SSSR count). The largest absolute Gasteiger partial charge is 3.00 e. The molecule has 1 fully saturated rings. The van der Waals surface area contributed by atoms with Crippen LogP contribution >= 0.6 is 0 Å². The van der Waals surface area contributed by atoms with Gasteiger partial charge in [0.15, 0.2) is 0 Å². The van der Waals surface area contributed by atoms with E-state index in [1.54, 1.807) is 36.4 Å². The predicted molar refractivity (Wildman–Crippen MR) is 215 cm³/mol. The Morgan fingerprint density at radius 1 is 0.630 bits per heavy atom. The number of hydrogen-bond donors (Lipinski definition) is 0. The molecule has 0 N–H and O–H groups in total. The monoisotopic (exact) mass is 890 g/mol. The van der Waals surface area contributed by atoms with Gasteiger partial charge >= 0.3 is 20.1 Å². The summed E-state index contributed by atoms with van der Waals surface area (Å²) in [6.07, 6.45) is 11.1. The van der Waals surface area contributed by atoms with E-state index in [2.05, 4.69) is 71.3 Å². The Hall–Kier alpha value is -5.29. The van der Waals surface area contributed by atoms with Crippen LogP contribution in [0, 0.1) is 45.8 Å². The van der Waals surface area contributed by atoms with Crippen molar-refractivity contribution in [3.05, 3.63) is 168 Å². The summed E-state index contributed by atoms with van der Waals surface area (Å²) >= 11 is 0. The van der Waals surface area contributed by atoms with Crippen LogP contribution in [0.5, 0.6) is 0 Å². The number of aromatic nitrogens is 4. The van der Waals surface area contributed by atoms with Gasteiger partial charge in [0.25, 0.3) is 0 Å². The van der Waals surface area contributed by atoms with E-state index in [1.807, 2.05) is 48.7 Å². The predicted octanol–water partition coefficient (Wildman–Crippen LogP) is 12.2. The second-order valence-electron chi connectivity index (χ2n) is 13.2. The maximum Gasteiger partial charge on any atom is 3.00 e. The van der Waals surface area contributed by atoms with Crippen molar-refractivity contribution in [2.45, 2.75) is 65.6 Å². The van der Waals surface area contributed by atoms with E-state index >= 15 is 0 Å². The molecule has 5 aromatic heterocycles. The summed E-state index contributed by atoms with van der Waals surface area (Å²) in [4.78, 5) is 17.8. The molecule has 0 atom stereocenters. The van der Waals surface area contributed by atoms with Crippen LogP contribution in [0.3, 0.4) is 0 Å². The molecule has 1 saturated carbocycles. The van der Waals surface area contributed by atoms with E-state index in [-0.39, 0.29) is 31.2 Å². The third-order valence-corrected chi connectivity index (χ3v) is 9.47. The fourth-order valence-electron chi connectivity index (χ4n) is 6.43. The smallest absolute Gasteiger partial charge is 0.486 e. The van der Waals surface area contributed by atoms with Gasteiger partial charge < -0.3 is 19.4 Å². The number of benzene rings is 3. The molecule has 5 heterocycles. The van der Waals surface area contributed by atoms with Crippen LogP contribution in [0.1, 0.15) is 74.2 Å². The number of nitrogens with zero attached hydrogens (tertiary/aromatic N) is 4. The summed E-state index contributed by atoms with van der Waals surface area (Å²) in [5, 5.41) is 2.16. The number of hydrogen-bond acceptors (Lipinski definition) is 5. The Labute approximate surface area is 340 Å². The first-order valence-electron chi connectivity index (χ1n) is 20.9. The van der Waals surface area contributed by atoms with E-state index in [1.165, 1.54) is 61.3 Å². The topological polar surface area (TPSA) is 64.7 Å². The van der Waals surface area contributed by atoms with Gasteiger partial charge in [-0.3, -0.25) is 0 Å². The van der Waals surface area contributed by atoms with Crippen LogP contribution in [0.25, 0.3) is 55.8 Å². The Morgan fingerprint density at radius 2 is 1.28 bits per heavy atom. The van der Waals surface area contributed by atoms with Gasteiger partial charge in [-0.25, -0.2) is 4.98 Å². The Kier molecular flexibility index (Phi) is 10.5. The quantitative estimate of drug-likeness (QED) is 0.165. The zero-order chi connectivity index (χ0) is 41.6. The van der Waals surface area contributed by atoms with Crippen LogP contribution in [0.15, 0.2) is 126 Å². The molecule has 1 aliphatic rings. The van der Waals surface area contributed by atoms with E-state index in [0.29, 0.717) is 5.92 Å². The number of fused-ring (bicyclic) bond motifs is 3. The first-order chi connectivity index (χ1) is 28.3. The molecule has 54 heavy (non-hydrogen) atoms. The summed E-state index contributed by atoms with van der Waals surface area (Å²) < 4.78 is 49.7. The standard InChI is InChI=1S/C24H23N2O.2C12H10N.Ir/c1-15-13-22(25-14-16(15)2)20-10-6-9-18-19-11-12-21(17-7-4-3-5-8-17)26-24(19)27-23(18)20;2*1-10-7-8-12(13-9-10)11-5-3-2-4-6-11;/h6,9,11-14,17H,3-5,7-8H2,1-2H3;2*2-5,7-9H,1H3;/q3*-1;+3/i;2*1D3;. The molecule has 5 nitrogen and oxygen atoms in total. The van der Waals surface area contributed by atoms with Crippen LogP contribution in [-0.4, -0.2) is 19.9 Å². The summed E-state index contributed by atoms with van der Waals surface area (Å²) in [5.41, 5.74) is 10.7. The van der Waals surface area contributed by atoms with Crippen molar-refractivity contribution in [3.8, 4) is 33.8 Å². The van der Waals surface area contributed by atoms with Gasteiger partial charge in [0, 0.05) is 43.8 Å². The second-order valence-corrected chi connectivity index (χ2v) is 13.2. The number of aryl methyl sites for hydroxylation is 4. The van der Waals surface area contributed by atoms with E-state index in [9.17, 15) is 0 Å². The zero-order valence-corrected chi connectivity index (χ0v) is 32.6. The molecule has 8 aromatic rings. The van der Waals surface area contributed by atoms with E-state index in [0.717, 1.165) is 55.8 Å². The molecule has 0 bridgehead atoms. The van der Waals surface area contributed by atoms with E-state index < -0.39 is 13.7 Å². The molecule has 0 amide bonds. The van der Waals surface area contributed by atoms with Gasteiger partial charge in [-0.05, 0) is 86.3 Å². The maximum atomic E-state index is 7.23. The summed E-state index contributed by atoms with van der Waals surface area (Å²) in [6, 6.07) is 41.4.